The molecule has 4 heteroatoms. The number of aromatic nitrogens is 1. The van der Waals surface area contributed by atoms with Crippen LogP contribution in [0.15, 0.2) is 12.3 Å². The van der Waals surface area contributed by atoms with Gasteiger partial charge in [-0.05, 0) is 31.0 Å². The van der Waals surface area contributed by atoms with Crippen LogP contribution >= 0.6 is 11.6 Å². The minimum atomic E-state index is 0.425. The molecule has 2 heterocycles. The molecule has 3 nitrogen and oxygen atoms in total. The fraction of sp³-hybridized carbons (Fsp3) is 0.545. The summed E-state index contributed by atoms with van der Waals surface area (Å²) in [5.74, 6) is 0. The van der Waals surface area contributed by atoms with Crippen LogP contribution in [0.4, 0.5) is 0 Å². The van der Waals surface area contributed by atoms with Crippen molar-refractivity contribution >= 4 is 11.6 Å². The Morgan fingerprint density at radius 3 is 3.07 bits per heavy atom. The molecule has 1 atom stereocenters. The van der Waals surface area contributed by atoms with Crippen molar-refractivity contribution in [2.45, 2.75) is 31.8 Å². The summed E-state index contributed by atoms with van der Waals surface area (Å²) in [5.41, 5.74) is 7.74. The van der Waals surface area contributed by atoms with Gasteiger partial charge in [0.2, 0.25) is 0 Å². The summed E-state index contributed by atoms with van der Waals surface area (Å²) in [6, 6.07) is 2.49. The molecule has 0 aromatic carbocycles. The average molecular weight is 226 g/mol. The van der Waals surface area contributed by atoms with Crippen LogP contribution in [-0.2, 0) is 6.54 Å². The monoisotopic (exact) mass is 225 g/mol. The molecule has 0 spiro atoms. The quantitative estimate of drug-likeness (QED) is 0.758. The Hall–Kier alpha value is -0.640. The van der Waals surface area contributed by atoms with Crippen molar-refractivity contribution in [1.82, 2.24) is 10.3 Å². The second-order valence-corrected chi connectivity index (χ2v) is 4.28. The molecule has 0 saturated carbocycles. The van der Waals surface area contributed by atoms with E-state index < -0.39 is 0 Å². The lowest BCUT2D eigenvalue weighted by molar-refractivity contribution is 0.411. The standard InChI is InChI=1S/C11H16ClN3/c12-11-8(6-13)5-9(7-15-11)10-3-1-2-4-14-10/h5,7,10,14H,1-4,6,13H2. The SMILES string of the molecule is NCc1cc(C2CCCCN2)cnc1Cl. The molecule has 3 N–H and O–H groups in total. The van der Waals surface area contributed by atoms with Crippen LogP contribution in [0.25, 0.3) is 0 Å². The van der Waals surface area contributed by atoms with E-state index in [1.54, 1.807) is 0 Å². The molecule has 0 amide bonds. The Balaban J connectivity index is 2.20. The number of rotatable bonds is 2. The van der Waals surface area contributed by atoms with Gasteiger partial charge in [0, 0.05) is 24.3 Å². The van der Waals surface area contributed by atoms with Crippen molar-refractivity contribution in [1.29, 1.82) is 0 Å². The highest BCUT2D eigenvalue weighted by atomic mass is 35.5. The number of pyridine rings is 1. The third-order valence-electron chi connectivity index (χ3n) is 2.87. The van der Waals surface area contributed by atoms with Gasteiger partial charge in [0.1, 0.15) is 5.15 Å². The third kappa shape index (κ3) is 2.48. The van der Waals surface area contributed by atoms with Crippen molar-refractivity contribution in [3.63, 3.8) is 0 Å². The molecule has 15 heavy (non-hydrogen) atoms. The summed E-state index contributed by atoms with van der Waals surface area (Å²) in [4.78, 5) is 4.17. The number of halogens is 1. The maximum atomic E-state index is 5.92. The highest BCUT2D eigenvalue weighted by Crippen LogP contribution is 2.24. The number of piperidine rings is 1. The summed E-state index contributed by atoms with van der Waals surface area (Å²) in [6.45, 7) is 1.54. The lowest BCUT2D eigenvalue weighted by Gasteiger charge is -2.24. The van der Waals surface area contributed by atoms with Gasteiger partial charge >= 0.3 is 0 Å². The minimum absolute atomic E-state index is 0.425. The lowest BCUT2D eigenvalue weighted by Crippen LogP contribution is -2.27. The number of nitrogens with one attached hydrogen (secondary N) is 1. The summed E-state index contributed by atoms with van der Waals surface area (Å²) < 4.78 is 0. The predicted octanol–water partition coefficient (Wildman–Crippen LogP) is 2.01. The van der Waals surface area contributed by atoms with Gasteiger partial charge in [-0.3, -0.25) is 0 Å². The van der Waals surface area contributed by atoms with Crippen LogP contribution < -0.4 is 11.1 Å². The molecular formula is C11H16ClN3. The topological polar surface area (TPSA) is 50.9 Å². The Morgan fingerprint density at radius 1 is 1.53 bits per heavy atom. The molecule has 1 fully saturated rings. The minimum Gasteiger partial charge on any atom is -0.326 e. The van der Waals surface area contributed by atoms with Gasteiger partial charge in [-0.1, -0.05) is 18.0 Å². The van der Waals surface area contributed by atoms with Crippen LogP contribution in [0.1, 0.15) is 36.4 Å². The highest BCUT2D eigenvalue weighted by molar-refractivity contribution is 6.30. The summed E-state index contributed by atoms with van der Waals surface area (Å²) in [5, 5.41) is 4.01. The average Bonchev–Trinajstić information content (AvgIpc) is 2.31. The second-order valence-electron chi connectivity index (χ2n) is 3.93. The summed E-state index contributed by atoms with van der Waals surface area (Å²) >= 11 is 5.92. The maximum absolute atomic E-state index is 5.92. The molecule has 0 radical (unpaired) electrons. The number of nitrogens with two attached hydrogens (primary N) is 1. The van der Waals surface area contributed by atoms with Crippen molar-refractivity contribution in [2.75, 3.05) is 6.54 Å². The van der Waals surface area contributed by atoms with E-state index in [1.807, 2.05) is 6.20 Å². The van der Waals surface area contributed by atoms with E-state index in [9.17, 15) is 0 Å². The number of nitrogens with zero attached hydrogens (tertiary/aromatic N) is 1. The molecule has 1 saturated heterocycles. The second kappa shape index (κ2) is 4.92. The zero-order valence-corrected chi connectivity index (χ0v) is 9.43. The molecule has 1 aromatic rings. The Labute approximate surface area is 95.0 Å². The number of hydrogen-bond donors (Lipinski definition) is 2. The molecule has 1 aliphatic heterocycles. The lowest BCUT2D eigenvalue weighted by atomic mass is 9.98. The Kier molecular flexibility index (Phi) is 3.57. The fourth-order valence-corrected chi connectivity index (χ4v) is 2.16. The van der Waals surface area contributed by atoms with E-state index in [1.165, 1.54) is 24.8 Å². The first-order valence-electron chi connectivity index (χ1n) is 5.39. The van der Waals surface area contributed by atoms with Gasteiger partial charge in [-0.25, -0.2) is 4.98 Å². The fourth-order valence-electron chi connectivity index (χ4n) is 1.98. The van der Waals surface area contributed by atoms with Crippen molar-refractivity contribution in [2.24, 2.45) is 5.73 Å². The number of hydrogen-bond acceptors (Lipinski definition) is 3. The van der Waals surface area contributed by atoms with Gasteiger partial charge < -0.3 is 11.1 Å². The zero-order valence-electron chi connectivity index (χ0n) is 8.67. The van der Waals surface area contributed by atoms with E-state index in [2.05, 4.69) is 16.4 Å². The van der Waals surface area contributed by atoms with Crippen LogP contribution in [0.3, 0.4) is 0 Å². The van der Waals surface area contributed by atoms with Gasteiger partial charge in [0.15, 0.2) is 0 Å². The van der Waals surface area contributed by atoms with Crippen LogP contribution in [-0.4, -0.2) is 11.5 Å². The largest absolute Gasteiger partial charge is 0.326 e. The van der Waals surface area contributed by atoms with Crippen molar-refractivity contribution in [3.8, 4) is 0 Å². The zero-order chi connectivity index (χ0) is 10.7. The third-order valence-corrected chi connectivity index (χ3v) is 3.21. The van der Waals surface area contributed by atoms with Gasteiger partial charge in [-0.15, -0.1) is 0 Å². The molecule has 0 bridgehead atoms. The van der Waals surface area contributed by atoms with Crippen molar-refractivity contribution in [3.05, 3.63) is 28.5 Å². The Bertz CT molecular complexity index is 335. The van der Waals surface area contributed by atoms with E-state index in [4.69, 9.17) is 17.3 Å². The van der Waals surface area contributed by atoms with Gasteiger partial charge in [0.05, 0.1) is 0 Å². The molecule has 82 valence electrons. The molecule has 0 aliphatic carbocycles. The van der Waals surface area contributed by atoms with Crippen LogP contribution in [0.5, 0.6) is 0 Å². The summed E-state index contributed by atoms with van der Waals surface area (Å²) in [6.07, 6.45) is 5.57. The first kappa shape index (κ1) is 10.9. The maximum Gasteiger partial charge on any atom is 0.133 e. The van der Waals surface area contributed by atoms with Gasteiger partial charge in [-0.2, -0.15) is 0 Å². The first-order chi connectivity index (χ1) is 7.31. The first-order valence-corrected chi connectivity index (χ1v) is 5.77. The molecule has 1 aromatic heterocycles. The van der Waals surface area contributed by atoms with Gasteiger partial charge in [0.25, 0.3) is 0 Å². The molecular weight excluding hydrogens is 210 g/mol. The van der Waals surface area contributed by atoms with E-state index >= 15 is 0 Å². The Morgan fingerprint density at radius 2 is 2.40 bits per heavy atom. The highest BCUT2D eigenvalue weighted by Gasteiger charge is 2.15. The smallest absolute Gasteiger partial charge is 0.133 e. The van der Waals surface area contributed by atoms with E-state index in [0.29, 0.717) is 17.7 Å². The normalized spacial score (nSPS) is 21.6. The molecule has 2 rings (SSSR count). The van der Waals surface area contributed by atoms with Crippen LogP contribution in [0, 0.1) is 0 Å². The van der Waals surface area contributed by atoms with Crippen LogP contribution in [0.2, 0.25) is 5.15 Å². The van der Waals surface area contributed by atoms with Crippen molar-refractivity contribution < 1.29 is 0 Å². The predicted molar refractivity (Wildman–Crippen MR) is 61.7 cm³/mol. The summed E-state index contributed by atoms with van der Waals surface area (Å²) in [7, 11) is 0. The van der Waals surface area contributed by atoms with E-state index in [-0.39, 0.29) is 0 Å². The molecule has 1 unspecified atom stereocenters. The molecule has 1 aliphatic rings. The van der Waals surface area contributed by atoms with E-state index in [0.717, 1.165) is 12.1 Å².